The highest BCUT2D eigenvalue weighted by molar-refractivity contribution is 5.67. The Labute approximate surface area is 98.3 Å². The van der Waals surface area contributed by atoms with E-state index in [-0.39, 0.29) is 12.1 Å². The zero-order valence-corrected chi connectivity index (χ0v) is 11.0. The van der Waals surface area contributed by atoms with Crippen LogP contribution in [0, 0.1) is 0 Å². The van der Waals surface area contributed by atoms with Gasteiger partial charge >= 0.3 is 6.09 Å². The molecule has 0 saturated heterocycles. The molecule has 3 N–H and O–H groups in total. The van der Waals surface area contributed by atoms with Gasteiger partial charge in [0.15, 0.2) is 0 Å². The normalized spacial score (nSPS) is 13.4. The minimum Gasteiger partial charge on any atom is -0.444 e. The molecular weight excluding hydrogens is 206 g/mol. The van der Waals surface area contributed by atoms with Crippen molar-refractivity contribution in [3.8, 4) is 0 Å². The third kappa shape index (κ3) is 7.48. The number of hydrogen-bond donors (Lipinski definition) is 2. The van der Waals surface area contributed by atoms with Crippen LogP contribution in [0.1, 0.15) is 27.7 Å². The topological polar surface area (TPSA) is 67.6 Å². The third-order valence-corrected chi connectivity index (χ3v) is 2.00. The Hall–Kier alpha value is -0.810. The van der Waals surface area contributed by atoms with E-state index in [0.717, 1.165) is 0 Å². The molecule has 0 aromatic carbocycles. The SMILES string of the molecule is CC(CN)NCCN(C)C(=O)OC(C)(C)C. The van der Waals surface area contributed by atoms with Crippen molar-refractivity contribution < 1.29 is 9.53 Å². The van der Waals surface area contributed by atoms with Crippen LogP contribution in [0.25, 0.3) is 0 Å². The number of nitrogens with zero attached hydrogens (tertiary/aromatic N) is 1. The summed E-state index contributed by atoms with van der Waals surface area (Å²) >= 11 is 0. The van der Waals surface area contributed by atoms with Crippen molar-refractivity contribution in [1.29, 1.82) is 0 Å². The molecule has 96 valence electrons. The van der Waals surface area contributed by atoms with E-state index >= 15 is 0 Å². The predicted octanol–water partition coefficient (Wildman–Crippen LogP) is 0.790. The van der Waals surface area contributed by atoms with Crippen LogP contribution < -0.4 is 11.1 Å². The van der Waals surface area contributed by atoms with Gasteiger partial charge in [-0.25, -0.2) is 4.79 Å². The summed E-state index contributed by atoms with van der Waals surface area (Å²) in [4.78, 5) is 13.1. The summed E-state index contributed by atoms with van der Waals surface area (Å²) < 4.78 is 5.22. The van der Waals surface area contributed by atoms with Gasteiger partial charge in [-0.05, 0) is 27.7 Å². The summed E-state index contributed by atoms with van der Waals surface area (Å²) in [5.41, 5.74) is 5.02. The number of ether oxygens (including phenoxy) is 1. The van der Waals surface area contributed by atoms with Gasteiger partial charge in [0.25, 0.3) is 0 Å². The van der Waals surface area contributed by atoms with Crippen molar-refractivity contribution >= 4 is 6.09 Å². The molecule has 1 atom stereocenters. The number of hydrogen-bond acceptors (Lipinski definition) is 4. The molecule has 0 heterocycles. The van der Waals surface area contributed by atoms with Gasteiger partial charge in [-0.2, -0.15) is 0 Å². The van der Waals surface area contributed by atoms with E-state index in [1.54, 1.807) is 11.9 Å². The lowest BCUT2D eigenvalue weighted by atomic mass is 10.2. The number of nitrogens with one attached hydrogen (secondary N) is 1. The number of carbonyl (C=O) groups is 1. The molecule has 0 aliphatic carbocycles. The first kappa shape index (κ1) is 15.2. The zero-order chi connectivity index (χ0) is 12.8. The quantitative estimate of drug-likeness (QED) is 0.734. The van der Waals surface area contributed by atoms with Crippen LogP contribution >= 0.6 is 0 Å². The van der Waals surface area contributed by atoms with Gasteiger partial charge < -0.3 is 20.7 Å². The molecular formula is C11H25N3O2. The fourth-order valence-electron chi connectivity index (χ4n) is 0.993. The monoisotopic (exact) mass is 231 g/mol. The van der Waals surface area contributed by atoms with Crippen LogP contribution in [0.15, 0.2) is 0 Å². The Balaban J connectivity index is 3.80. The second-order valence-electron chi connectivity index (χ2n) is 4.99. The van der Waals surface area contributed by atoms with Gasteiger partial charge in [-0.15, -0.1) is 0 Å². The third-order valence-electron chi connectivity index (χ3n) is 2.00. The maximum Gasteiger partial charge on any atom is 0.410 e. The minimum absolute atomic E-state index is 0.270. The average Bonchev–Trinajstić information content (AvgIpc) is 2.14. The van der Waals surface area contributed by atoms with Crippen LogP contribution in [0.4, 0.5) is 4.79 Å². The minimum atomic E-state index is -0.441. The van der Waals surface area contributed by atoms with E-state index in [0.29, 0.717) is 19.6 Å². The molecule has 0 aliphatic heterocycles. The van der Waals surface area contributed by atoms with Gasteiger partial charge in [0, 0.05) is 32.7 Å². The maximum absolute atomic E-state index is 11.6. The lowest BCUT2D eigenvalue weighted by Gasteiger charge is -2.25. The van der Waals surface area contributed by atoms with Crippen molar-refractivity contribution in [2.24, 2.45) is 5.73 Å². The molecule has 0 spiro atoms. The Morgan fingerprint density at radius 3 is 2.50 bits per heavy atom. The maximum atomic E-state index is 11.6. The van der Waals surface area contributed by atoms with Crippen molar-refractivity contribution in [3.05, 3.63) is 0 Å². The smallest absolute Gasteiger partial charge is 0.410 e. The van der Waals surface area contributed by atoms with Gasteiger partial charge in [0.1, 0.15) is 5.60 Å². The summed E-state index contributed by atoms with van der Waals surface area (Å²) in [6.07, 6.45) is -0.297. The Morgan fingerprint density at radius 2 is 2.06 bits per heavy atom. The van der Waals surface area contributed by atoms with E-state index in [9.17, 15) is 4.79 Å². The van der Waals surface area contributed by atoms with Gasteiger partial charge in [-0.3, -0.25) is 0 Å². The lowest BCUT2D eigenvalue weighted by Crippen LogP contribution is -2.41. The average molecular weight is 231 g/mol. The molecule has 1 amide bonds. The first-order valence-corrected chi connectivity index (χ1v) is 5.64. The summed E-state index contributed by atoms with van der Waals surface area (Å²) in [5.74, 6) is 0. The number of nitrogens with two attached hydrogens (primary N) is 1. The largest absolute Gasteiger partial charge is 0.444 e. The van der Waals surface area contributed by atoms with Crippen molar-refractivity contribution in [2.45, 2.75) is 39.3 Å². The number of amides is 1. The van der Waals surface area contributed by atoms with Crippen LogP contribution in [0.2, 0.25) is 0 Å². The first-order valence-electron chi connectivity index (χ1n) is 5.64. The second kappa shape index (κ2) is 6.70. The van der Waals surface area contributed by atoms with E-state index in [4.69, 9.17) is 10.5 Å². The molecule has 0 saturated carbocycles. The van der Waals surface area contributed by atoms with Gasteiger partial charge in [0.05, 0.1) is 0 Å². The summed E-state index contributed by atoms with van der Waals surface area (Å²) in [7, 11) is 1.73. The van der Waals surface area contributed by atoms with Crippen molar-refractivity contribution in [3.63, 3.8) is 0 Å². The van der Waals surface area contributed by atoms with E-state index in [2.05, 4.69) is 5.32 Å². The second-order valence-corrected chi connectivity index (χ2v) is 4.99. The highest BCUT2D eigenvalue weighted by Crippen LogP contribution is 2.08. The highest BCUT2D eigenvalue weighted by Gasteiger charge is 2.19. The molecule has 5 nitrogen and oxygen atoms in total. The zero-order valence-electron chi connectivity index (χ0n) is 11.0. The van der Waals surface area contributed by atoms with Crippen molar-refractivity contribution in [2.75, 3.05) is 26.7 Å². The van der Waals surface area contributed by atoms with Crippen molar-refractivity contribution in [1.82, 2.24) is 10.2 Å². The molecule has 0 aliphatic rings. The molecule has 0 fully saturated rings. The van der Waals surface area contributed by atoms with Crippen LogP contribution in [0.3, 0.4) is 0 Å². The molecule has 0 aromatic heterocycles. The lowest BCUT2D eigenvalue weighted by molar-refractivity contribution is 0.0299. The van der Waals surface area contributed by atoms with E-state index < -0.39 is 5.60 Å². The van der Waals surface area contributed by atoms with Crippen LogP contribution in [-0.4, -0.2) is 49.3 Å². The fourth-order valence-corrected chi connectivity index (χ4v) is 0.993. The Morgan fingerprint density at radius 1 is 1.50 bits per heavy atom. The first-order chi connectivity index (χ1) is 7.26. The van der Waals surface area contributed by atoms with E-state index in [1.165, 1.54) is 0 Å². The number of likely N-dealkylation sites (N-methyl/N-ethyl adjacent to an activating group) is 1. The van der Waals surface area contributed by atoms with Crippen LogP contribution in [0.5, 0.6) is 0 Å². The molecule has 0 rings (SSSR count). The Kier molecular flexibility index (Phi) is 6.36. The summed E-state index contributed by atoms with van der Waals surface area (Å²) in [6.45, 7) is 9.49. The molecule has 5 heteroatoms. The highest BCUT2D eigenvalue weighted by atomic mass is 16.6. The Bertz CT molecular complexity index is 214. The number of rotatable bonds is 5. The standard InChI is InChI=1S/C11H25N3O2/c1-9(8-12)13-6-7-14(5)10(15)16-11(2,3)4/h9,13H,6-8,12H2,1-5H3. The fraction of sp³-hybridized carbons (Fsp3) is 0.909. The van der Waals surface area contributed by atoms with Crippen LogP contribution in [-0.2, 0) is 4.74 Å². The molecule has 0 bridgehead atoms. The van der Waals surface area contributed by atoms with E-state index in [1.807, 2.05) is 27.7 Å². The number of carbonyl (C=O) groups excluding carboxylic acids is 1. The molecule has 16 heavy (non-hydrogen) atoms. The van der Waals surface area contributed by atoms with Gasteiger partial charge in [-0.1, -0.05) is 0 Å². The predicted molar refractivity (Wildman–Crippen MR) is 65.4 cm³/mol. The van der Waals surface area contributed by atoms with Gasteiger partial charge in [0.2, 0.25) is 0 Å². The molecule has 1 unspecified atom stereocenters. The summed E-state index contributed by atoms with van der Waals surface area (Å²) in [6, 6.07) is 0.270. The summed E-state index contributed by atoms with van der Waals surface area (Å²) in [5, 5.41) is 3.21. The molecule has 0 radical (unpaired) electrons. The molecule has 0 aromatic rings.